The van der Waals surface area contributed by atoms with Crippen molar-refractivity contribution in [3.8, 4) is 0 Å². The molecule has 0 radical (unpaired) electrons. The lowest BCUT2D eigenvalue weighted by Crippen LogP contribution is -2.43. The molecule has 1 aromatic heterocycles. The summed E-state index contributed by atoms with van der Waals surface area (Å²) >= 11 is 6.34. The number of pyridine rings is 1. The van der Waals surface area contributed by atoms with Gasteiger partial charge in [-0.15, -0.1) is 0 Å². The van der Waals surface area contributed by atoms with Crippen molar-refractivity contribution in [1.29, 1.82) is 0 Å². The fourth-order valence-electron chi connectivity index (χ4n) is 5.17. The molecule has 1 atom stereocenters. The Morgan fingerprint density at radius 3 is 2.64 bits per heavy atom. The van der Waals surface area contributed by atoms with Gasteiger partial charge in [-0.1, -0.05) is 17.7 Å². The maximum atomic E-state index is 13.2. The molecule has 2 aliphatic rings. The molecule has 0 saturated carbocycles. The quantitative estimate of drug-likeness (QED) is 0.470. The molecule has 9 nitrogen and oxygen atoms in total. The molecular weight excluding hydrogens is 518 g/mol. The van der Waals surface area contributed by atoms with Crippen LogP contribution >= 0.6 is 11.6 Å². The number of aromatic nitrogens is 1. The lowest BCUT2D eigenvalue weighted by Gasteiger charge is -2.25. The van der Waals surface area contributed by atoms with Crippen molar-refractivity contribution in [1.82, 2.24) is 20.1 Å². The lowest BCUT2D eigenvalue weighted by molar-refractivity contribution is -0.141. The zero-order chi connectivity index (χ0) is 28.1. The number of nitrogens with one attached hydrogen (secondary N) is 1. The molecule has 1 fully saturated rings. The number of halogens is 1. The molecule has 2 aliphatic heterocycles. The number of rotatable bonds is 9. The van der Waals surface area contributed by atoms with Gasteiger partial charge in [0.2, 0.25) is 0 Å². The largest absolute Gasteiger partial charge is 0.465 e. The summed E-state index contributed by atoms with van der Waals surface area (Å²) in [6.45, 7) is 11.1. The molecule has 1 unspecified atom stereocenters. The van der Waals surface area contributed by atoms with Crippen molar-refractivity contribution in [2.45, 2.75) is 34.1 Å². The van der Waals surface area contributed by atoms with Crippen molar-refractivity contribution in [2.24, 2.45) is 5.92 Å². The van der Waals surface area contributed by atoms with E-state index >= 15 is 0 Å². The third-order valence-electron chi connectivity index (χ3n) is 7.23. The lowest BCUT2D eigenvalue weighted by atomic mass is 10.1. The van der Waals surface area contributed by atoms with Crippen LogP contribution in [0.15, 0.2) is 42.2 Å². The monoisotopic (exact) mass is 553 g/mol. The van der Waals surface area contributed by atoms with Crippen LogP contribution in [0.2, 0.25) is 5.02 Å². The van der Waals surface area contributed by atoms with E-state index in [1.807, 2.05) is 50.1 Å². The Hall–Kier alpha value is -3.43. The van der Waals surface area contributed by atoms with Crippen LogP contribution in [0, 0.1) is 26.7 Å². The van der Waals surface area contributed by atoms with Gasteiger partial charge in [-0.2, -0.15) is 0 Å². The van der Waals surface area contributed by atoms with Crippen molar-refractivity contribution >= 4 is 35.2 Å². The number of ether oxygens (including phenoxy) is 1. The van der Waals surface area contributed by atoms with Crippen LogP contribution < -0.4 is 10.2 Å². The number of anilines is 1. The van der Waals surface area contributed by atoms with Gasteiger partial charge < -0.3 is 15.0 Å². The molecule has 39 heavy (non-hydrogen) atoms. The predicted octanol–water partition coefficient (Wildman–Crippen LogP) is 4.10. The Labute approximate surface area is 234 Å². The SMILES string of the molecule is CCOC(=O)CNC(=O)N(CCCN1CC2=CN(C(=O)c3c(C)ccnc3C)CC2C1)c1ccc(C)c(Cl)c1. The van der Waals surface area contributed by atoms with E-state index in [1.165, 1.54) is 5.57 Å². The number of hydrogen-bond acceptors (Lipinski definition) is 6. The van der Waals surface area contributed by atoms with Crippen LogP contribution in [0.3, 0.4) is 0 Å². The third-order valence-corrected chi connectivity index (χ3v) is 7.64. The number of benzene rings is 1. The molecule has 0 aliphatic carbocycles. The van der Waals surface area contributed by atoms with Gasteiger partial charge in [0, 0.05) is 61.7 Å². The number of fused-ring (bicyclic) bond motifs is 1. The first-order valence-corrected chi connectivity index (χ1v) is 13.7. The summed E-state index contributed by atoms with van der Waals surface area (Å²) in [5, 5.41) is 3.23. The van der Waals surface area contributed by atoms with Crippen molar-refractivity contribution < 1.29 is 19.1 Å². The smallest absolute Gasteiger partial charge is 0.325 e. The number of urea groups is 1. The van der Waals surface area contributed by atoms with Crippen LogP contribution in [0.25, 0.3) is 0 Å². The Kier molecular flexibility index (Phi) is 9.24. The summed E-state index contributed by atoms with van der Waals surface area (Å²) in [5.41, 5.74) is 5.23. The van der Waals surface area contributed by atoms with Gasteiger partial charge in [-0.25, -0.2) is 4.79 Å². The minimum Gasteiger partial charge on any atom is -0.465 e. The fraction of sp³-hybridized carbons (Fsp3) is 0.448. The number of amides is 3. The first-order valence-electron chi connectivity index (χ1n) is 13.3. The average Bonchev–Trinajstić information content (AvgIpc) is 3.46. The summed E-state index contributed by atoms with van der Waals surface area (Å²) in [4.78, 5) is 48.0. The third kappa shape index (κ3) is 6.78. The first kappa shape index (κ1) is 28.6. The molecule has 4 rings (SSSR count). The minimum absolute atomic E-state index is 0.00720. The van der Waals surface area contributed by atoms with E-state index in [4.69, 9.17) is 16.3 Å². The number of aryl methyl sites for hydroxylation is 3. The summed E-state index contributed by atoms with van der Waals surface area (Å²) < 4.78 is 4.92. The van der Waals surface area contributed by atoms with Gasteiger partial charge in [-0.3, -0.25) is 24.4 Å². The highest BCUT2D eigenvalue weighted by molar-refractivity contribution is 6.31. The van der Waals surface area contributed by atoms with Gasteiger partial charge >= 0.3 is 12.0 Å². The zero-order valence-electron chi connectivity index (χ0n) is 23.0. The standard InChI is InChI=1S/C29H36ClN5O4/c1-5-39-26(36)14-32-29(38)35(24-8-7-19(2)25(30)13-24)12-6-11-33-15-22-17-34(18-23(22)16-33)28(37)27-20(3)9-10-31-21(27)4/h7-10,13,17,23H,5-6,11-12,14-16,18H2,1-4H3,(H,32,38). The Morgan fingerprint density at radius 2 is 1.95 bits per heavy atom. The molecule has 3 heterocycles. The van der Waals surface area contributed by atoms with Crippen LogP contribution in [-0.2, 0) is 9.53 Å². The normalized spacial score (nSPS) is 16.6. The average molecular weight is 554 g/mol. The molecule has 10 heteroatoms. The second kappa shape index (κ2) is 12.6. The van der Waals surface area contributed by atoms with Crippen molar-refractivity contribution in [2.75, 3.05) is 50.8 Å². The van der Waals surface area contributed by atoms with Gasteiger partial charge in [0.15, 0.2) is 0 Å². The highest BCUT2D eigenvalue weighted by Crippen LogP contribution is 2.31. The van der Waals surface area contributed by atoms with Gasteiger partial charge in [0.05, 0.1) is 17.9 Å². The maximum absolute atomic E-state index is 13.2. The molecule has 2 aromatic rings. The highest BCUT2D eigenvalue weighted by Gasteiger charge is 2.36. The summed E-state index contributed by atoms with van der Waals surface area (Å²) in [5.74, 6) is -0.162. The minimum atomic E-state index is -0.481. The predicted molar refractivity (Wildman–Crippen MR) is 151 cm³/mol. The van der Waals surface area contributed by atoms with E-state index in [0.29, 0.717) is 35.3 Å². The number of likely N-dealkylation sites (tertiary alicyclic amines) is 1. The number of esters is 1. The molecule has 208 valence electrons. The maximum Gasteiger partial charge on any atom is 0.325 e. The number of hydrogen-bond donors (Lipinski definition) is 1. The van der Waals surface area contributed by atoms with E-state index in [-0.39, 0.29) is 25.1 Å². The Bertz CT molecular complexity index is 1260. The van der Waals surface area contributed by atoms with E-state index in [9.17, 15) is 14.4 Å². The second-order valence-corrected chi connectivity index (χ2v) is 10.5. The van der Waals surface area contributed by atoms with Gasteiger partial charge in [-0.05, 0) is 69.0 Å². The van der Waals surface area contributed by atoms with Gasteiger partial charge in [0.25, 0.3) is 5.91 Å². The first-order chi connectivity index (χ1) is 18.7. The van der Waals surface area contributed by atoms with E-state index < -0.39 is 5.97 Å². The zero-order valence-corrected chi connectivity index (χ0v) is 23.8. The van der Waals surface area contributed by atoms with Crippen molar-refractivity contribution in [3.05, 3.63) is 69.6 Å². The van der Waals surface area contributed by atoms with Crippen LogP contribution in [0.1, 0.15) is 40.5 Å². The Balaban J connectivity index is 1.35. The molecule has 0 bridgehead atoms. The Morgan fingerprint density at radius 1 is 1.15 bits per heavy atom. The topological polar surface area (TPSA) is 95.1 Å². The van der Waals surface area contributed by atoms with Crippen LogP contribution in [-0.4, -0.2) is 78.6 Å². The second-order valence-electron chi connectivity index (χ2n) is 10.1. The summed E-state index contributed by atoms with van der Waals surface area (Å²) in [7, 11) is 0. The van der Waals surface area contributed by atoms with E-state index in [2.05, 4.69) is 15.2 Å². The van der Waals surface area contributed by atoms with Crippen molar-refractivity contribution in [3.63, 3.8) is 0 Å². The molecule has 3 amide bonds. The molecular formula is C29H36ClN5O4. The van der Waals surface area contributed by atoms with Gasteiger partial charge in [0.1, 0.15) is 6.54 Å². The summed E-state index contributed by atoms with van der Waals surface area (Å²) in [6.07, 6.45) is 4.46. The molecule has 0 spiro atoms. The van der Waals surface area contributed by atoms with E-state index in [0.717, 1.165) is 42.9 Å². The number of nitrogens with zero attached hydrogens (tertiary/aromatic N) is 4. The molecule has 1 aromatic carbocycles. The number of carbonyl (C=O) groups is 3. The fourth-order valence-corrected chi connectivity index (χ4v) is 5.35. The van der Waals surface area contributed by atoms with E-state index in [1.54, 1.807) is 24.1 Å². The van der Waals surface area contributed by atoms with Crippen LogP contribution in [0.5, 0.6) is 0 Å². The summed E-state index contributed by atoms with van der Waals surface area (Å²) in [6, 6.07) is 6.99. The highest BCUT2D eigenvalue weighted by atomic mass is 35.5. The number of carbonyl (C=O) groups excluding carboxylic acids is 3. The van der Waals surface area contributed by atoms with Crippen LogP contribution in [0.4, 0.5) is 10.5 Å². The molecule has 1 N–H and O–H groups in total. The molecule has 1 saturated heterocycles.